The van der Waals surface area contributed by atoms with Crippen LogP contribution in [0.25, 0.3) is 0 Å². The minimum atomic E-state index is -0.790. The van der Waals surface area contributed by atoms with E-state index in [1.807, 2.05) is 38.2 Å². The van der Waals surface area contributed by atoms with Crippen molar-refractivity contribution < 1.29 is 9.84 Å². The van der Waals surface area contributed by atoms with E-state index in [1.54, 1.807) is 13.8 Å². The van der Waals surface area contributed by atoms with Gasteiger partial charge >= 0.3 is 0 Å². The Balaban J connectivity index is 2.87. The molecular weight excluding hydrogens is 202 g/mol. The molecule has 0 saturated heterocycles. The number of hydrogen-bond donors (Lipinski definition) is 2. The van der Waals surface area contributed by atoms with Gasteiger partial charge in [-0.25, -0.2) is 0 Å². The number of nitrogens with one attached hydrogen (secondary N) is 1. The van der Waals surface area contributed by atoms with Gasteiger partial charge in [0, 0.05) is 0 Å². The summed E-state index contributed by atoms with van der Waals surface area (Å²) in [4.78, 5) is 0. The largest absolute Gasteiger partial charge is 0.494 e. The summed E-state index contributed by atoms with van der Waals surface area (Å²) in [7, 11) is 1.85. The quantitative estimate of drug-likeness (QED) is 0.803. The van der Waals surface area contributed by atoms with Crippen molar-refractivity contribution >= 4 is 0 Å². The van der Waals surface area contributed by atoms with Crippen molar-refractivity contribution in [3.8, 4) is 5.75 Å². The molecule has 1 rings (SSSR count). The number of hydrogen-bond acceptors (Lipinski definition) is 3. The van der Waals surface area contributed by atoms with Gasteiger partial charge in [0.2, 0.25) is 0 Å². The molecule has 0 heterocycles. The fourth-order valence-electron chi connectivity index (χ4n) is 1.85. The molecule has 2 N–H and O–H groups in total. The normalized spacial score (nSPS) is 13.6. The molecule has 0 aliphatic rings. The zero-order valence-corrected chi connectivity index (χ0v) is 10.4. The predicted octanol–water partition coefficient (Wildman–Crippen LogP) is 2.12. The third-order valence-electron chi connectivity index (χ3n) is 2.52. The molecule has 0 spiro atoms. The average molecular weight is 223 g/mol. The molecule has 1 aromatic rings. The molecule has 0 radical (unpaired) electrons. The van der Waals surface area contributed by atoms with Crippen LogP contribution in [-0.2, 0) is 0 Å². The molecule has 1 atom stereocenters. The van der Waals surface area contributed by atoms with E-state index in [1.165, 1.54) is 0 Å². The Morgan fingerprint density at radius 2 is 1.88 bits per heavy atom. The Morgan fingerprint density at radius 3 is 2.25 bits per heavy atom. The number of ether oxygens (including phenoxy) is 1. The lowest BCUT2D eigenvalue weighted by atomic mass is 9.92. The Hall–Kier alpha value is -1.06. The van der Waals surface area contributed by atoms with Gasteiger partial charge in [0.15, 0.2) is 0 Å². The van der Waals surface area contributed by atoms with Crippen LogP contribution in [-0.4, -0.2) is 24.4 Å². The number of aliphatic hydroxyl groups is 1. The molecule has 0 aliphatic heterocycles. The summed E-state index contributed by atoms with van der Waals surface area (Å²) in [6.07, 6.45) is 0. The molecule has 0 aromatic heterocycles. The second-order valence-electron chi connectivity index (χ2n) is 4.38. The minimum absolute atomic E-state index is 0.0804. The summed E-state index contributed by atoms with van der Waals surface area (Å²) in [5, 5.41) is 13.1. The molecule has 0 aliphatic carbocycles. The van der Waals surface area contributed by atoms with Crippen molar-refractivity contribution in [3.63, 3.8) is 0 Å². The highest BCUT2D eigenvalue weighted by Crippen LogP contribution is 2.26. The van der Waals surface area contributed by atoms with E-state index < -0.39 is 5.60 Å². The van der Waals surface area contributed by atoms with Gasteiger partial charge in [-0.05, 0) is 45.5 Å². The van der Waals surface area contributed by atoms with Crippen LogP contribution >= 0.6 is 0 Å². The highest BCUT2D eigenvalue weighted by Gasteiger charge is 2.26. The van der Waals surface area contributed by atoms with E-state index in [0.29, 0.717) is 6.61 Å². The van der Waals surface area contributed by atoms with Crippen molar-refractivity contribution in [1.82, 2.24) is 5.32 Å². The van der Waals surface area contributed by atoms with Crippen LogP contribution in [0.2, 0.25) is 0 Å². The summed E-state index contributed by atoms with van der Waals surface area (Å²) in [5.41, 5.74) is 0.264. The Bertz CT molecular complexity index is 314. The first-order valence-electron chi connectivity index (χ1n) is 5.61. The monoisotopic (exact) mass is 223 g/mol. The topological polar surface area (TPSA) is 41.5 Å². The van der Waals surface area contributed by atoms with E-state index in [9.17, 15) is 5.11 Å². The van der Waals surface area contributed by atoms with Gasteiger partial charge in [-0.3, -0.25) is 0 Å². The van der Waals surface area contributed by atoms with E-state index in [-0.39, 0.29) is 6.04 Å². The lowest BCUT2D eigenvalue weighted by Gasteiger charge is -2.29. The average Bonchev–Trinajstić information content (AvgIpc) is 2.20. The smallest absolute Gasteiger partial charge is 0.119 e. The number of benzene rings is 1. The van der Waals surface area contributed by atoms with Gasteiger partial charge in [-0.1, -0.05) is 12.1 Å². The highest BCUT2D eigenvalue weighted by atomic mass is 16.5. The molecule has 1 unspecified atom stereocenters. The maximum atomic E-state index is 10.0. The lowest BCUT2D eigenvalue weighted by Crippen LogP contribution is -2.37. The Labute approximate surface area is 97.4 Å². The molecule has 16 heavy (non-hydrogen) atoms. The van der Waals surface area contributed by atoms with Gasteiger partial charge < -0.3 is 15.2 Å². The van der Waals surface area contributed by atoms with Crippen LogP contribution in [0.4, 0.5) is 0 Å². The molecule has 0 fully saturated rings. The van der Waals surface area contributed by atoms with Gasteiger partial charge in [-0.2, -0.15) is 0 Å². The fourth-order valence-corrected chi connectivity index (χ4v) is 1.85. The predicted molar refractivity (Wildman–Crippen MR) is 65.7 cm³/mol. The molecular formula is C13H21NO2. The summed E-state index contributed by atoms with van der Waals surface area (Å²) >= 11 is 0. The van der Waals surface area contributed by atoms with Crippen molar-refractivity contribution in [2.75, 3.05) is 13.7 Å². The van der Waals surface area contributed by atoms with E-state index in [0.717, 1.165) is 11.3 Å². The van der Waals surface area contributed by atoms with Crippen LogP contribution in [0.5, 0.6) is 5.75 Å². The van der Waals surface area contributed by atoms with Crippen LogP contribution in [0.3, 0.4) is 0 Å². The van der Waals surface area contributed by atoms with E-state index in [4.69, 9.17) is 4.74 Å². The molecule has 0 saturated carbocycles. The highest BCUT2D eigenvalue weighted by molar-refractivity contribution is 5.30. The van der Waals surface area contributed by atoms with Crippen LogP contribution in [0.15, 0.2) is 24.3 Å². The first-order valence-corrected chi connectivity index (χ1v) is 5.61. The van der Waals surface area contributed by atoms with E-state index >= 15 is 0 Å². The SMILES string of the molecule is CCOc1ccc(C(NC)C(C)(C)O)cc1. The fraction of sp³-hybridized carbons (Fsp3) is 0.538. The van der Waals surface area contributed by atoms with Gasteiger partial charge in [0.1, 0.15) is 5.75 Å². The molecule has 3 nitrogen and oxygen atoms in total. The molecule has 0 bridgehead atoms. The van der Waals surface area contributed by atoms with Crippen LogP contribution in [0.1, 0.15) is 32.4 Å². The van der Waals surface area contributed by atoms with Crippen molar-refractivity contribution in [2.45, 2.75) is 32.4 Å². The Morgan fingerprint density at radius 1 is 1.31 bits per heavy atom. The maximum Gasteiger partial charge on any atom is 0.119 e. The van der Waals surface area contributed by atoms with Crippen molar-refractivity contribution in [2.24, 2.45) is 0 Å². The summed E-state index contributed by atoms with van der Waals surface area (Å²) in [6.45, 7) is 6.22. The zero-order chi connectivity index (χ0) is 12.2. The third-order valence-corrected chi connectivity index (χ3v) is 2.52. The lowest BCUT2D eigenvalue weighted by molar-refractivity contribution is 0.0400. The van der Waals surface area contributed by atoms with Gasteiger partial charge in [-0.15, -0.1) is 0 Å². The van der Waals surface area contributed by atoms with Gasteiger partial charge in [0.05, 0.1) is 18.2 Å². The summed E-state index contributed by atoms with van der Waals surface area (Å²) in [6, 6.07) is 7.72. The second kappa shape index (κ2) is 5.32. The molecule has 0 amide bonds. The third kappa shape index (κ3) is 3.22. The summed E-state index contributed by atoms with van der Waals surface area (Å²) < 4.78 is 5.38. The summed E-state index contributed by atoms with van der Waals surface area (Å²) in [5.74, 6) is 0.858. The maximum absolute atomic E-state index is 10.0. The first-order chi connectivity index (χ1) is 7.49. The molecule has 3 heteroatoms. The second-order valence-corrected chi connectivity index (χ2v) is 4.38. The van der Waals surface area contributed by atoms with Gasteiger partial charge in [0.25, 0.3) is 0 Å². The van der Waals surface area contributed by atoms with Crippen molar-refractivity contribution in [1.29, 1.82) is 0 Å². The minimum Gasteiger partial charge on any atom is -0.494 e. The van der Waals surface area contributed by atoms with Crippen LogP contribution < -0.4 is 10.1 Å². The molecule has 90 valence electrons. The molecule has 1 aromatic carbocycles. The standard InChI is InChI=1S/C13H21NO2/c1-5-16-11-8-6-10(7-9-11)12(14-4)13(2,3)15/h6-9,12,14-15H,5H2,1-4H3. The first kappa shape index (κ1) is 13.0. The number of rotatable bonds is 5. The Kier molecular flexibility index (Phi) is 4.33. The van der Waals surface area contributed by atoms with Crippen LogP contribution in [0, 0.1) is 0 Å². The number of likely N-dealkylation sites (N-methyl/N-ethyl adjacent to an activating group) is 1. The van der Waals surface area contributed by atoms with Crippen molar-refractivity contribution in [3.05, 3.63) is 29.8 Å². The van der Waals surface area contributed by atoms with E-state index in [2.05, 4.69) is 5.32 Å². The zero-order valence-electron chi connectivity index (χ0n) is 10.4.